The van der Waals surface area contributed by atoms with E-state index in [1.807, 2.05) is 0 Å². The lowest BCUT2D eigenvalue weighted by atomic mass is 10.3. The van der Waals surface area contributed by atoms with Crippen LogP contribution < -0.4 is 10.9 Å². The Hall–Kier alpha value is -1.73. The van der Waals surface area contributed by atoms with E-state index >= 15 is 0 Å². The molecule has 0 saturated heterocycles. The van der Waals surface area contributed by atoms with Gasteiger partial charge in [-0.2, -0.15) is 0 Å². The molecular formula is C13H17N5OS. The van der Waals surface area contributed by atoms with E-state index < -0.39 is 0 Å². The van der Waals surface area contributed by atoms with E-state index in [-0.39, 0.29) is 5.56 Å². The molecule has 0 saturated carbocycles. The summed E-state index contributed by atoms with van der Waals surface area (Å²) in [6.45, 7) is 5.64. The Labute approximate surface area is 121 Å². The van der Waals surface area contributed by atoms with Crippen molar-refractivity contribution in [2.24, 2.45) is 0 Å². The molecule has 0 aromatic carbocycles. The molecule has 2 rings (SSSR count). The maximum Gasteiger partial charge on any atom is 0.251 e. The molecule has 2 N–H and O–H groups in total. The molecule has 7 heteroatoms. The van der Waals surface area contributed by atoms with E-state index in [9.17, 15) is 4.79 Å². The molecule has 0 amide bonds. The van der Waals surface area contributed by atoms with Crippen LogP contribution in [0.25, 0.3) is 0 Å². The number of aromatic amines is 1. The lowest BCUT2D eigenvalue weighted by Crippen LogP contribution is -2.14. The fourth-order valence-electron chi connectivity index (χ4n) is 1.58. The van der Waals surface area contributed by atoms with Gasteiger partial charge in [-0.3, -0.25) is 4.79 Å². The molecule has 0 aliphatic rings. The summed E-state index contributed by atoms with van der Waals surface area (Å²) in [4.78, 5) is 26.8. The van der Waals surface area contributed by atoms with E-state index in [2.05, 4.69) is 32.2 Å². The summed E-state index contributed by atoms with van der Waals surface area (Å²) in [5.74, 6) is 0. The molecule has 0 aliphatic carbocycles. The van der Waals surface area contributed by atoms with Crippen molar-refractivity contribution in [1.82, 2.24) is 25.3 Å². The van der Waals surface area contributed by atoms with E-state index in [4.69, 9.17) is 0 Å². The van der Waals surface area contributed by atoms with E-state index in [1.165, 1.54) is 17.8 Å². The van der Waals surface area contributed by atoms with Crippen molar-refractivity contribution in [1.29, 1.82) is 0 Å². The molecule has 0 aliphatic heterocycles. The van der Waals surface area contributed by atoms with Gasteiger partial charge in [0.05, 0.1) is 0 Å². The van der Waals surface area contributed by atoms with E-state index in [0.29, 0.717) is 16.0 Å². The largest absolute Gasteiger partial charge is 0.313 e. The molecule has 2 aromatic rings. The third kappa shape index (κ3) is 4.43. The van der Waals surface area contributed by atoms with Gasteiger partial charge in [0.2, 0.25) is 0 Å². The number of rotatable bonds is 6. The van der Waals surface area contributed by atoms with Gasteiger partial charge in [0.1, 0.15) is 0 Å². The third-order valence-corrected chi connectivity index (χ3v) is 3.25. The van der Waals surface area contributed by atoms with Crippen LogP contribution in [0, 0.1) is 6.92 Å². The van der Waals surface area contributed by atoms with Gasteiger partial charge in [0, 0.05) is 36.3 Å². The molecule has 2 heterocycles. The number of aryl methyl sites for hydroxylation is 1. The van der Waals surface area contributed by atoms with Crippen LogP contribution in [-0.2, 0) is 6.54 Å². The van der Waals surface area contributed by atoms with Gasteiger partial charge in [-0.1, -0.05) is 6.92 Å². The van der Waals surface area contributed by atoms with Crippen LogP contribution >= 0.6 is 11.8 Å². The average Bonchev–Trinajstić information content (AvgIpc) is 2.40. The highest BCUT2D eigenvalue weighted by atomic mass is 32.2. The van der Waals surface area contributed by atoms with Crippen LogP contribution in [0.2, 0.25) is 0 Å². The standard InChI is InChI=1S/C13H17N5OS/c1-3-4-14-6-10-7-15-12(16-8-10)20-13-17-9(2)5-11(19)18-13/h5,7-8,14H,3-4,6H2,1-2H3,(H,17,18,19). The molecule has 0 fully saturated rings. The minimum atomic E-state index is -0.166. The number of hydrogen-bond acceptors (Lipinski definition) is 6. The number of H-pyrrole nitrogens is 1. The average molecular weight is 291 g/mol. The summed E-state index contributed by atoms with van der Waals surface area (Å²) in [6.07, 6.45) is 4.67. The Balaban J connectivity index is 2.01. The topological polar surface area (TPSA) is 83.6 Å². The number of nitrogens with zero attached hydrogens (tertiary/aromatic N) is 3. The van der Waals surface area contributed by atoms with Crippen LogP contribution in [0.5, 0.6) is 0 Å². The fraction of sp³-hybridized carbons (Fsp3) is 0.385. The predicted molar refractivity (Wildman–Crippen MR) is 77.7 cm³/mol. The molecule has 106 valence electrons. The smallest absolute Gasteiger partial charge is 0.251 e. The second-order valence-corrected chi connectivity index (χ2v) is 5.30. The zero-order valence-electron chi connectivity index (χ0n) is 11.5. The first kappa shape index (κ1) is 14.7. The summed E-state index contributed by atoms with van der Waals surface area (Å²) in [5, 5.41) is 4.36. The van der Waals surface area contributed by atoms with E-state index in [1.54, 1.807) is 19.3 Å². The maximum absolute atomic E-state index is 11.3. The molecule has 0 bridgehead atoms. The molecular weight excluding hydrogens is 274 g/mol. The maximum atomic E-state index is 11.3. The highest BCUT2D eigenvalue weighted by Gasteiger charge is 2.04. The Bertz CT molecular complexity index is 611. The first-order chi connectivity index (χ1) is 9.67. The second kappa shape index (κ2) is 7.16. The Morgan fingerprint density at radius 2 is 2.10 bits per heavy atom. The van der Waals surface area contributed by atoms with Gasteiger partial charge >= 0.3 is 0 Å². The molecule has 20 heavy (non-hydrogen) atoms. The number of hydrogen-bond donors (Lipinski definition) is 2. The van der Waals surface area contributed by atoms with Crippen molar-refractivity contribution in [2.45, 2.75) is 37.1 Å². The molecule has 0 atom stereocenters. The zero-order valence-corrected chi connectivity index (χ0v) is 12.3. The van der Waals surface area contributed by atoms with E-state index in [0.717, 1.165) is 25.1 Å². The van der Waals surface area contributed by atoms with Crippen LogP contribution in [0.15, 0.2) is 33.6 Å². The van der Waals surface area contributed by atoms with Gasteiger partial charge in [-0.05, 0) is 31.7 Å². The number of nitrogens with one attached hydrogen (secondary N) is 2. The SMILES string of the molecule is CCCNCc1cnc(Sc2nc(C)cc(=O)[nH]2)nc1. The van der Waals surface area contributed by atoms with Crippen LogP contribution in [0.1, 0.15) is 24.6 Å². The molecule has 6 nitrogen and oxygen atoms in total. The predicted octanol–water partition coefficient (Wildman–Crippen LogP) is 1.52. The van der Waals surface area contributed by atoms with Crippen molar-refractivity contribution in [3.63, 3.8) is 0 Å². The third-order valence-electron chi connectivity index (χ3n) is 2.47. The molecule has 0 radical (unpaired) electrons. The molecule has 0 spiro atoms. The van der Waals surface area contributed by atoms with Gasteiger partial charge in [0.25, 0.3) is 5.56 Å². The first-order valence-electron chi connectivity index (χ1n) is 6.45. The van der Waals surface area contributed by atoms with Gasteiger partial charge in [-0.15, -0.1) is 0 Å². The van der Waals surface area contributed by atoms with Crippen LogP contribution in [0.3, 0.4) is 0 Å². The van der Waals surface area contributed by atoms with Gasteiger partial charge < -0.3 is 10.3 Å². The van der Waals surface area contributed by atoms with Crippen molar-refractivity contribution in [3.05, 3.63) is 40.1 Å². The lowest BCUT2D eigenvalue weighted by molar-refractivity contribution is 0.669. The monoisotopic (exact) mass is 291 g/mol. The summed E-state index contributed by atoms with van der Waals surface area (Å²) in [6, 6.07) is 1.45. The van der Waals surface area contributed by atoms with Gasteiger partial charge in [-0.25, -0.2) is 15.0 Å². The summed E-state index contributed by atoms with van der Waals surface area (Å²) in [5.41, 5.74) is 1.55. The van der Waals surface area contributed by atoms with Crippen molar-refractivity contribution in [2.75, 3.05) is 6.54 Å². The van der Waals surface area contributed by atoms with Crippen molar-refractivity contribution >= 4 is 11.8 Å². The highest BCUT2D eigenvalue weighted by molar-refractivity contribution is 7.99. The van der Waals surface area contributed by atoms with Crippen LogP contribution in [0.4, 0.5) is 0 Å². The number of aromatic nitrogens is 4. The quantitative estimate of drug-likeness (QED) is 0.620. The lowest BCUT2D eigenvalue weighted by Gasteiger charge is -2.03. The Kier molecular flexibility index (Phi) is 5.25. The zero-order chi connectivity index (χ0) is 14.4. The fourth-order valence-corrected chi connectivity index (χ4v) is 2.31. The Morgan fingerprint density at radius 3 is 2.75 bits per heavy atom. The van der Waals surface area contributed by atoms with Gasteiger partial charge in [0.15, 0.2) is 10.3 Å². The second-order valence-electron chi connectivity index (χ2n) is 4.34. The van der Waals surface area contributed by atoms with Crippen LogP contribution in [-0.4, -0.2) is 26.5 Å². The summed E-state index contributed by atoms with van der Waals surface area (Å²) >= 11 is 1.24. The summed E-state index contributed by atoms with van der Waals surface area (Å²) in [7, 11) is 0. The van der Waals surface area contributed by atoms with Crippen molar-refractivity contribution < 1.29 is 0 Å². The normalized spacial score (nSPS) is 10.7. The highest BCUT2D eigenvalue weighted by Crippen LogP contribution is 2.19. The first-order valence-corrected chi connectivity index (χ1v) is 7.26. The summed E-state index contributed by atoms with van der Waals surface area (Å²) < 4.78 is 0. The molecule has 2 aromatic heterocycles. The Morgan fingerprint density at radius 1 is 1.35 bits per heavy atom. The molecule has 0 unspecified atom stereocenters. The van der Waals surface area contributed by atoms with Crippen molar-refractivity contribution in [3.8, 4) is 0 Å². The minimum absolute atomic E-state index is 0.166. The minimum Gasteiger partial charge on any atom is -0.313 e.